The van der Waals surface area contributed by atoms with Crippen LogP contribution in [0.1, 0.15) is 23.2 Å². The van der Waals surface area contributed by atoms with E-state index in [1.165, 1.54) is 18.6 Å². The van der Waals surface area contributed by atoms with Crippen LogP contribution in [0.3, 0.4) is 0 Å². The Morgan fingerprint density at radius 1 is 1.59 bits per heavy atom. The fraction of sp³-hybridized carbons (Fsp3) is 0.417. The summed E-state index contributed by atoms with van der Waals surface area (Å²) >= 11 is 11.1. The molecule has 2 rings (SSSR count). The number of halogens is 2. The van der Waals surface area contributed by atoms with E-state index in [4.69, 9.17) is 11.6 Å². The van der Waals surface area contributed by atoms with Crippen LogP contribution >= 0.6 is 39.3 Å². The fourth-order valence-corrected chi connectivity index (χ4v) is 3.45. The van der Waals surface area contributed by atoms with Crippen LogP contribution in [0.5, 0.6) is 0 Å². The van der Waals surface area contributed by atoms with Gasteiger partial charge in [0.05, 0.1) is 5.02 Å². The normalized spacial score (nSPS) is 19.3. The molecule has 0 spiro atoms. The molecule has 17 heavy (non-hydrogen) atoms. The Balaban J connectivity index is 1.92. The monoisotopic (exact) mass is 333 g/mol. The number of thioether (sulfide) groups is 1. The standard InChI is InChI=1S/C12H13BrClNOS/c13-10-6-8(3-4-11(10)14)12(16)15-7-9-2-1-5-17-9/h3-4,6,9H,1-2,5,7H2,(H,15,16). The Kier molecular flexibility index (Phi) is 4.77. The first-order valence-electron chi connectivity index (χ1n) is 5.51. The first kappa shape index (κ1) is 13.2. The Morgan fingerprint density at radius 2 is 2.41 bits per heavy atom. The number of hydrogen-bond donors (Lipinski definition) is 1. The highest BCUT2D eigenvalue weighted by atomic mass is 79.9. The van der Waals surface area contributed by atoms with Gasteiger partial charge in [-0.3, -0.25) is 4.79 Å². The number of benzene rings is 1. The topological polar surface area (TPSA) is 29.1 Å². The molecule has 1 aliphatic rings. The lowest BCUT2D eigenvalue weighted by Crippen LogP contribution is -2.29. The van der Waals surface area contributed by atoms with Crippen molar-refractivity contribution in [2.75, 3.05) is 12.3 Å². The smallest absolute Gasteiger partial charge is 0.251 e. The Morgan fingerprint density at radius 3 is 3.06 bits per heavy atom. The van der Waals surface area contributed by atoms with E-state index in [1.807, 2.05) is 11.8 Å². The van der Waals surface area contributed by atoms with E-state index in [-0.39, 0.29) is 5.91 Å². The van der Waals surface area contributed by atoms with Crippen LogP contribution < -0.4 is 5.32 Å². The molecule has 0 aliphatic carbocycles. The van der Waals surface area contributed by atoms with Crippen LogP contribution in [-0.2, 0) is 0 Å². The summed E-state index contributed by atoms with van der Waals surface area (Å²) in [6.45, 7) is 0.754. The SMILES string of the molecule is O=C(NCC1CCCS1)c1ccc(Cl)c(Br)c1. The third kappa shape index (κ3) is 3.63. The Labute approximate surface area is 119 Å². The van der Waals surface area contributed by atoms with E-state index >= 15 is 0 Å². The summed E-state index contributed by atoms with van der Waals surface area (Å²) in [5, 5.41) is 4.16. The van der Waals surface area contributed by atoms with E-state index in [2.05, 4.69) is 21.2 Å². The zero-order valence-electron chi connectivity index (χ0n) is 9.21. The average molecular weight is 335 g/mol. The highest BCUT2D eigenvalue weighted by molar-refractivity contribution is 9.10. The zero-order chi connectivity index (χ0) is 12.3. The van der Waals surface area contributed by atoms with Crippen molar-refractivity contribution in [3.8, 4) is 0 Å². The molecule has 1 aromatic carbocycles. The van der Waals surface area contributed by atoms with E-state index in [9.17, 15) is 4.79 Å². The predicted octanol–water partition coefficient (Wildman–Crippen LogP) is 3.73. The molecule has 1 N–H and O–H groups in total. The molecule has 1 unspecified atom stereocenters. The Bertz CT molecular complexity index is 421. The lowest BCUT2D eigenvalue weighted by atomic mass is 10.2. The molecule has 92 valence electrons. The molecule has 0 bridgehead atoms. The molecule has 1 amide bonds. The Hall–Kier alpha value is -0.190. The number of hydrogen-bond acceptors (Lipinski definition) is 2. The fourth-order valence-electron chi connectivity index (χ4n) is 1.75. The molecule has 1 saturated heterocycles. The molecule has 2 nitrogen and oxygen atoms in total. The van der Waals surface area contributed by atoms with E-state index < -0.39 is 0 Å². The van der Waals surface area contributed by atoms with Gasteiger partial charge < -0.3 is 5.32 Å². The summed E-state index contributed by atoms with van der Waals surface area (Å²) in [5.74, 6) is 1.18. The molecule has 0 radical (unpaired) electrons. The van der Waals surface area contributed by atoms with Gasteiger partial charge in [0.2, 0.25) is 0 Å². The first-order valence-corrected chi connectivity index (χ1v) is 7.73. The number of amides is 1. The second kappa shape index (κ2) is 6.12. The maximum absolute atomic E-state index is 11.9. The molecule has 1 atom stereocenters. The summed E-state index contributed by atoms with van der Waals surface area (Å²) in [6, 6.07) is 5.22. The van der Waals surface area contributed by atoms with Crippen molar-refractivity contribution in [3.05, 3.63) is 33.3 Å². The number of carbonyl (C=O) groups is 1. The zero-order valence-corrected chi connectivity index (χ0v) is 12.4. The summed E-state index contributed by atoms with van der Waals surface area (Å²) in [5.41, 5.74) is 0.643. The molecule has 1 heterocycles. The largest absolute Gasteiger partial charge is 0.351 e. The lowest BCUT2D eigenvalue weighted by molar-refractivity contribution is 0.0953. The maximum atomic E-state index is 11.9. The van der Waals surface area contributed by atoms with Gasteiger partial charge in [-0.2, -0.15) is 11.8 Å². The molecular weight excluding hydrogens is 322 g/mol. The number of rotatable bonds is 3. The van der Waals surface area contributed by atoms with Crippen molar-refractivity contribution in [1.29, 1.82) is 0 Å². The molecular formula is C12H13BrClNOS. The average Bonchev–Trinajstić information content (AvgIpc) is 2.82. The number of nitrogens with one attached hydrogen (secondary N) is 1. The van der Waals surface area contributed by atoms with Crippen molar-refractivity contribution in [3.63, 3.8) is 0 Å². The van der Waals surface area contributed by atoms with Crippen molar-refractivity contribution < 1.29 is 4.79 Å². The van der Waals surface area contributed by atoms with Crippen LogP contribution in [0.25, 0.3) is 0 Å². The maximum Gasteiger partial charge on any atom is 0.251 e. The predicted molar refractivity (Wildman–Crippen MR) is 77.0 cm³/mol. The highest BCUT2D eigenvalue weighted by Gasteiger charge is 2.16. The second-order valence-corrected chi connectivity index (χ2v) is 6.64. The lowest BCUT2D eigenvalue weighted by Gasteiger charge is -2.10. The minimum absolute atomic E-state index is 0.0325. The van der Waals surface area contributed by atoms with E-state index in [0.717, 1.165) is 11.0 Å². The first-order chi connectivity index (χ1) is 8.16. The quantitative estimate of drug-likeness (QED) is 0.912. The van der Waals surface area contributed by atoms with Crippen LogP contribution in [0.15, 0.2) is 22.7 Å². The minimum Gasteiger partial charge on any atom is -0.351 e. The second-order valence-electron chi connectivity index (χ2n) is 3.97. The molecule has 1 aliphatic heterocycles. The van der Waals surface area contributed by atoms with Gasteiger partial charge in [0, 0.05) is 21.8 Å². The van der Waals surface area contributed by atoms with Gasteiger partial charge in [0.1, 0.15) is 0 Å². The molecule has 0 aromatic heterocycles. The molecule has 1 aromatic rings. The third-order valence-corrected chi connectivity index (χ3v) is 5.31. The van der Waals surface area contributed by atoms with Gasteiger partial charge in [-0.25, -0.2) is 0 Å². The molecule has 0 saturated carbocycles. The molecule has 5 heteroatoms. The van der Waals surface area contributed by atoms with Crippen molar-refractivity contribution in [2.24, 2.45) is 0 Å². The van der Waals surface area contributed by atoms with Gasteiger partial charge in [-0.15, -0.1) is 0 Å². The van der Waals surface area contributed by atoms with Crippen molar-refractivity contribution in [2.45, 2.75) is 18.1 Å². The number of carbonyl (C=O) groups excluding carboxylic acids is 1. The van der Waals surface area contributed by atoms with Crippen LogP contribution in [0.4, 0.5) is 0 Å². The summed E-state index contributed by atoms with van der Waals surface area (Å²) in [4.78, 5) is 11.9. The van der Waals surface area contributed by atoms with Gasteiger partial charge in [-0.1, -0.05) is 11.6 Å². The van der Waals surface area contributed by atoms with Gasteiger partial charge in [0.15, 0.2) is 0 Å². The highest BCUT2D eigenvalue weighted by Crippen LogP contribution is 2.26. The molecule has 1 fully saturated rings. The summed E-state index contributed by atoms with van der Waals surface area (Å²) in [6.07, 6.45) is 2.47. The van der Waals surface area contributed by atoms with E-state index in [1.54, 1.807) is 18.2 Å². The third-order valence-electron chi connectivity index (χ3n) is 2.70. The van der Waals surface area contributed by atoms with Crippen LogP contribution in [-0.4, -0.2) is 23.5 Å². The van der Waals surface area contributed by atoms with Crippen LogP contribution in [0, 0.1) is 0 Å². The van der Waals surface area contributed by atoms with Crippen molar-refractivity contribution in [1.82, 2.24) is 5.32 Å². The van der Waals surface area contributed by atoms with Gasteiger partial charge >= 0.3 is 0 Å². The van der Waals surface area contributed by atoms with Crippen LogP contribution in [0.2, 0.25) is 5.02 Å². The minimum atomic E-state index is -0.0325. The summed E-state index contributed by atoms with van der Waals surface area (Å²) in [7, 11) is 0. The van der Waals surface area contributed by atoms with Crippen molar-refractivity contribution >= 4 is 45.2 Å². The van der Waals surface area contributed by atoms with E-state index in [0.29, 0.717) is 15.8 Å². The van der Waals surface area contributed by atoms with Gasteiger partial charge in [0.25, 0.3) is 5.91 Å². The van der Waals surface area contributed by atoms with Gasteiger partial charge in [-0.05, 0) is 52.7 Å². The summed E-state index contributed by atoms with van der Waals surface area (Å²) < 4.78 is 0.752.